The van der Waals surface area contributed by atoms with E-state index in [9.17, 15) is 81.4 Å². The second-order valence-corrected chi connectivity index (χ2v) is 26.0. The van der Waals surface area contributed by atoms with Gasteiger partial charge < -0.3 is 114 Å². The molecule has 0 aromatic rings. The van der Waals surface area contributed by atoms with Crippen LogP contribution in [0.15, 0.2) is 11.6 Å². The maximum Gasteiger partial charge on any atom is 0.335 e. The van der Waals surface area contributed by atoms with Crippen LogP contribution in [0.1, 0.15) is 99.8 Å². The first-order valence-corrected chi connectivity index (χ1v) is 27.4. The Kier molecular flexibility index (Phi) is 16.7. The van der Waals surface area contributed by atoms with Gasteiger partial charge in [0, 0.05) is 10.8 Å². The topological polar surface area (TPSA) is 394 Å². The molecule has 0 spiro atoms. The molecule has 0 aromatic carbocycles. The lowest BCUT2D eigenvalue weighted by Crippen LogP contribution is -2.69. The zero-order valence-electron chi connectivity index (χ0n) is 44.9. The summed E-state index contributed by atoms with van der Waals surface area (Å²) in [6.45, 7) is 12.8. The van der Waals surface area contributed by atoms with Crippen molar-refractivity contribution in [2.75, 3.05) is 26.4 Å². The van der Waals surface area contributed by atoms with Crippen LogP contribution in [-0.4, -0.2) is 244 Å². The lowest BCUT2D eigenvalue weighted by Gasteiger charge is -2.72. The molecule has 4 heterocycles. The van der Waals surface area contributed by atoms with Crippen molar-refractivity contribution in [2.45, 2.75) is 235 Å². The third kappa shape index (κ3) is 9.50. The first-order valence-electron chi connectivity index (χ1n) is 27.4. The van der Waals surface area contributed by atoms with E-state index in [0.29, 0.717) is 44.9 Å². The average molecular weight is 1110 g/mol. The van der Waals surface area contributed by atoms with Crippen LogP contribution in [0.3, 0.4) is 0 Å². The maximum absolute atomic E-state index is 12.4. The minimum atomic E-state index is -2.04. The van der Waals surface area contributed by atoms with E-state index in [-0.39, 0.29) is 41.8 Å². The normalized spacial score (nSPS) is 55.7. The highest BCUT2D eigenvalue weighted by Crippen LogP contribution is 2.76. The number of aliphatic hydroxyl groups excluding tert-OH is 14. The molecule has 30 atom stereocenters. The van der Waals surface area contributed by atoms with E-state index in [1.165, 1.54) is 5.57 Å². The number of aliphatic hydroxyl groups is 14. The quantitative estimate of drug-likeness (QED) is 0.0689. The van der Waals surface area contributed by atoms with Crippen molar-refractivity contribution in [3.63, 3.8) is 0 Å². The molecule has 0 radical (unpaired) electrons. The van der Waals surface area contributed by atoms with E-state index in [4.69, 9.17) is 37.9 Å². The molecule has 0 unspecified atom stereocenters. The Bertz CT molecular complexity index is 2130. The van der Waals surface area contributed by atoms with Gasteiger partial charge in [0.1, 0.15) is 85.5 Å². The Labute approximate surface area is 447 Å². The molecule has 4 saturated carbocycles. The van der Waals surface area contributed by atoms with E-state index < -0.39 is 176 Å². The molecular weight excluding hydrogens is 1020 g/mol. The number of hydrogen-bond donors (Lipinski definition) is 15. The number of carboxylic acids is 1. The fourth-order valence-corrected chi connectivity index (χ4v) is 16.4. The van der Waals surface area contributed by atoms with Gasteiger partial charge in [-0.3, -0.25) is 0 Å². The summed E-state index contributed by atoms with van der Waals surface area (Å²) in [5.74, 6) is -1.79. The zero-order chi connectivity index (χ0) is 56.4. The molecule has 8 fully saturated rings. The Balaban J connectivity index is 0.955. The Morgan fingerprint density at radius 1 is 0.597 bits per heavy atom. The first-order chi connectivity index (χ1) is 36.0. The van der Waals surface area contributed by atoms with Crippen molar-refractivity contribution in [3.8, 4) is 0 Å². The van der Waals surface area contributed by atoms with Gasteiger partial charge in [-0.15, -0.1) is 0 Å². The van der Waals surface area contributed by atoms with Crippen molar-refractivity contribution < 1.29 is 119 Å². The van der Waals surface area contributed by atoms with E-state index in [2.05, 4.69) is 33.8 Å². The molecule has 15 N–H and O–H groups in total. The van der Waals surface area contributed by atoms with Gasteiger partial charge in [-0.05, 0) is 90.8 Å². The van der Waals surface area contributed by atoms with Gasteiger partial charge in [-0.1, -0.05) is 60.1 Å². The van der Waals surface area contributed by atoms with Crippen LogP contribution in [0.5, 0.6) is 0 Å². The third-order valence-electron chi connectivity index (χ3n) is 21.5. The molecule has 24 nitrogen and oxygen atoms in total. The minimum absolute atomic E-state index is 0.0901. The smallest absolute Gasteiger partial charge is 0.335 e. The molecular formula is C53H86O24. The molecule has 5 aliphatic carbocycles. The Morgan fingerprint density at radius 2 is 1.19 bits per heavy atom. The molecule has 0 amide bonds. The Hall–Kier alpha value is -1.67. The number of hydrogen-bond acceptors (Lipinski definition) is 23. The maximum atomic E-state index is 12.4. The predicted molar refractivity (Wildman–Crippen MR) is 260 cm³/mol. The molecule has 0 bridgehead atoms. The van der Waals surface area contributed by atoms with Crippen LogP contribution in [0.2, 0.25) is 0 Å². The average Bonchev–Trinajstić information content (AvgIpc) is 3.45. The summed E-state index contributed by atoms with van der Waals surface area (Å²) in [6.07, 6.45) is -27.7. The molecule has 9 rings (SSSR count). The first kappa shape index (κ1) is 59.9. The minimum Gasteiger partial charge on any atom is -0.479 e. The number of carbonyl (C=O) groups is 1. The van der Waals surface area contributed by atoms with Crippen molar-refractivity contribution in [3.05, 3.63) is 11.6 Å². The number of aliphatic carboxylic acids is 1. The zero-order valence-corrected chi connectivity index (χ0v) is 44.9. The third-order valence-corrected chi connectivity index (χ3v) is 21.5. The van der Waals surface area contributed by atoms with Gasteiger partial charge in [0.15, 0.2) is 31.3 Å². The highest BCUT2D eigenvalue weighted by Gasteiger charge is 2.71. The summed E-state index contributed by atoms with van der Waals surface area (Å²) >= 11 is 0. The Morgan fingerprint density at radius 3 is 1.77 bits per heavy atom. The summed E-state index contributed by atoms with van der Waals surface area (Å²) < 4.78 is 48.0. The lowest BCUT2D eigenvalue weighted by molar-refractivity contribution is -0.375. The van der Waals surface area contributed by atoms with Crippen molar-refractivity contribution in [2.24, 2.45) is 50.2 Å². The summed E-state index contributed by atoms with van der Waals surface area (Å²) in [5, 5.41) is 162. The molecule has 24 heteroatoms. The van der Waals surface area contributed by atoms with Gasteiger partial charge in [0.05, 0.1) is 44.7 Å². The number of fused-ring (bicyclic) bond motifs is 7. The summed E-state index contributed by atoms with van der Waals surface area (Å²) in [6, 6.07) is 0. The van der Waals surface area contributed by atoms with Gasteiger partial charge in [0.25, 0.3) is 0 Å². The van der Waals surface area contributed by atoms with Crippen molar-refractivity contribution >= 4 is 5.97 Å². The summed E-state index contributed by atoms with van der Waals surface area (Å²) in [7, 11) is 0. The second-order valence-electron chi connectivity index (χ2n) is 26.0. The van der Waals surface area contributed by atoms with Crippen LogP contribution in [0.25, 0.3) is 0 Å². The highest BCUT2D eigenvalue weighted by atomic mass is 16.8. The highest BCUT2D eigenvalue weighted by molar-refractivity contribution is 5.73. The second kappa shape index (κ2) is 21.5. The van der Waals surface area contributed by atoms with Gasteiger partial charge in [-0.2, -0.15) is 0 Å². The van der Waals surface area contributed by atoms with Crippen LogP contribution < -0.4 is 0 Å². The van der Waals surface area contributed by atoms with Crippen molar-refractivity contribution in [1.82, 2.24) is 0 Å². The number of carboxylic acid groups (broad SMARTS) is 1. The fourth-order valence-electron chi connectivity index (χ4n) is 16.4. The SMILES string of the molecule is CC1(C)C[C@H]2C3=CC[C@@H]4[C@@]5(C)CC[C@H](O[C@@H]6O[C@H](C(=O)O)[C@@H](O)[C@H](O)[C@H]6O[C@@H]6O[C@H](CO)[C@H](O)[C@H](O)[C@H]6O)[C@@](C)(CO)[C@@H]5CC[C@@]4(C)[C@]3(C)CC[C@@]2(C)[C@H](O[C@@H]2OC[C@H](O)[C@H](O[C@@H]3O[C@H](CO)[C@@H](O)[C@H](O)[C@H]3O)[C@H]2O)[C@@H]1O. The van der Waals surface area contributed by atoms with Crippen LogP contribution >= 0.6 is 0 Å². The number of allylic oxidation sites excluding steroid dienone is 2. The molecule has 77 heavy (non-hydrogen) atoms. The number of rotatable bonds is 12. The monoisotopic (exact) mass is 1110 g/mol. The largest absolute Gasteiger partial charge is 0.479 e. The molecule has 4 aliphatic heterocycles. The van der Waals surface area contributed by atoms with E-state index in [1.54, 1.807) is 0 Å². The summed E-state index contributed by atoms with van der Waals surface area (Å²) in [5.41, 5.74) is -2.17. The van der Waals surface area contributed by atoms with Crippen LogP contribution in [0, 0.1) is 50.2 Å². The van der Waals surface area contributed by atoms with Crippen molar-refractivity contribution in [1.29, 1.82) is 0 Å². The summed E-state index contributed by atoms with van der Waals surface area (Å²) in [4.78, 5) is 12.4. The molecule has 9 aliphatic rings. The van der Waals surface area contributed by atoms with Gasteiger partial charge in [-0.25, -0.2) is 4.79 Å². The fraction of sp³-hybridized carbons (Fsp3) is 0.943. The van der Waals surface area contributed by atoms with Crippen LogP contribution in [-0.2, 0) is 42.7 Å². The molecule has 4 saturated heterocycles. The lowest BCUT2D eigenvalue weighted by atomic mass is 9.33. The molecule has 442 valence electrons. The van der Waals surface area contributed by atoms with Crippen LogP contribution in [0.4, 0.5) is 0 Å². The van der Waals surface area contributed by atoms with E-state index in [1.807, 2.05) is 20.8 Å². The standard InChI is InChI=1S/C53H86O24/c1-48(2)16-22-21-8-9-27-50(4)12-11-28(73-47-40(34(63)33(62)39(75-47)43(68)69)76-46-36(65)32(61)30(59)25(18-55)72-46)51(5,20-56)26(50)10-13-53(27,7)52(21,6)15-14-49(22,3)42(41(48)67)77-44-37(66)38(23(57)19-70-44)74-45-35(64)31(60)29(58)24(17-54)71-45/h8,22-42,44-47,54-67H,9-20H2,1-7H3,(H,68,69)/t22-,23-,24+,25+,26+,27+,28-,29+,30-,31-,32-,33-,34-,35+,36+,37+,38-,39-,40+,41-,42+,44-,45-,46-,47+,49+,50-,51-,52+,53+/m0/s1. The van der Waals surface area contributed by atoms with E-state index in [0.717, 1.165) is 6.42 Å². The van der Waals surface area contributed by atoms with E-state index >= 15 is 0 Å². The predicted octanol–water partition coefficient (Wildman–Crippen LogP) is -2.89. The van der Waals surface area contributed by atoms with Gasteiger partial charge in [0.2, 0.25) is 0 Å². The number of ether oxygens (including phenoxy) is 8. The molecule has 0 aromatic heterocycles. The van der Waals surface area contributed by atoms with Gasteiger partial charge >= 0.3 is 5.97 Å².